The van der Waals surface area contributed by atoms with E-state index >= 15 is 0 Å². The number of hydrogen-bond donors (Lipinski definition) is 1. The lowest BCUT2D eigenvalue weighted by Crippen LogP contribution is -2.37. The number of hydrogen-bond acceptors (Lipinski definition) is 6. The van der Waals surface area contributed by atoms with E-state index in [1.54, 1.807) is 24.3 Å². The van der Waals surface area contributed by atoms with Crippen LogP contribution in [0.3, 0.4) is 0 Å². The van der Waals surface area contributed by atoms with Gasteiger partial charge in [-0.1, -0.05) is 6.92 Å². The molecule has 11 heteroatoms. The third kappa shape index (κ3) is 5.99. The second kappa shape index (κ2) is 11.0. The van der Waals surface area contributed by atoms with Gasteiger partial charge in [-0.25, -0.2) is 9.18 Å². The number of anilines is 2. The van der Waals surface area contributed by atoms with Gasteiger partial charge in [-0.3, -0.25) is 9.69 Å². The summed E-state index contributed by atoms with van der Waals surface area (Å²) in [6.07, 6.45) is -4.68. The van der Waals surface area contributed by atoms with Crippen molar-refractivity contribution in [1.82, 2.24) is 10.4 Å². The molecule has 168 valence electrons. The van der Waals surface area contributed by atoms with Crippen molar-refractivity contribution in [3.8, 4) is 0 Å². The lowest BCUT2D eigenvalue weighted by atomic mass is 10.2. The van der Waals surface area contributed by atoms with Gasteiger partial charge in [-0.15, -0.1) is 0 Å². The van der Waals surface area contributed by atoms with Gasteiger partial charge in [0.1, 0.15) is 11.9 Å². The highest BCUT2D eigenvalue weighted by Gasteiger charge is 2.33. The molecule has 8 nitrogen and oxygen atoms in total. The van der Waals surface area contributed by atoms with Gasteiger partial charge in [0.2, 0.25) is 0 Å². The fraction of sp³-hybridized carbons (Fsp3) is 0.579. The van der Waals surface area contributed by atoms with Gasteiger partial charge in [0.05, 0.1) is 31.6 Å². The van der Waals surface area contributed by atoms with Gasteiger partial charge in [0.15, 0.2) is 0 Å². The Morgan fingerprint density at radius 1 is 1.33 bits per heavy atom. The first-order valence-electron chi connectivity index (χ1n) is 9.68. The fourth-order valence-corrected chi connectivity index (χ4v) is 3.11. The molecule has 0 unspecified atom stereocenters. The Balaban J connectivity index is 2.03. The summed E-state index contributed by atoms with van der Waals surface area (Å²) >= 11 is 0. The topological polar surface area (TPSA) is 74.4 Å². The summed E-state index contributed by atoms with van der Waals surface area (Å²) in [5, 5.41) is 3.76. The number of nitrogens with zero attached hydrogens (tertiary/aromatic N) is 3. The average Bonchev–Trinajstić information content (AvgIpc) is 3.10. The number of nitrogens with one attached hydrogen (secondary N) is 1. The molecule has 1 saturated heterocycles. The molecule has 0 bridgehead atoms. The van der Waals surface area contributed by atoms with Crippen LogP contribution in [-0.4, -0.2) is 76.0 Å². The van der Waals surface area contributed by atoms with Crippen molar-refractivity contribution in [3.63, 3.8) is 0 Å². The smallest absolute Gasteiger partial charge is 0.414 e. The van der Waals surface area contributed by atoms with Crippen LogP contribution in [0, 0.1) is 5.82 Å². The lowest BCUT2D eigenvalue weighted by Gasteiger charge is -2.27. The van der Waals surface area contributed by atoms with Crippen LogP contribution in [0.5, 0.6) is 0 Å². The van der Waals surface area contributed by atoms with Crippen LogP contribution in [0.1, 0.15) is 13.8 Å². The summed E-state index contributed by atoms with van der Waals surface area (Å²) in [7, 11) is 1.58. The summed E-state index contributed by atoms with van der Waals surface area (Å²) in [5.41, 5.74) is 0.675. The highest BCUT2D eigenvalue weighted by atomic mass is 19.3. The first-order chi connectivity index (χ1) is 14.3. The van der Waals surface area contributed by atoms with Crippen LogP contribution in [-0.2, 0) is 14.4 Å². The largest absolute Gasteiger partial charge is 0.442 e. The van der Waals surface area contributed by atoms with Gasteiger partial charge >= 0.3 is 12.5 Å². The Hall–Kier alpha value is -2.53. The van der Waals surface area contributed by atoms with Crippen molar-refractivity contribution in [2.45, 2.75) is 26.4 Å². The minimum absolute atomic E-state index is 0.0118. The number of alkyl halides is 2. The van der Waals surface area contributed by atoms with E-state index in [0.717, 1.165) is 0 Å². The van der Waals surface area contributed by atoms with Gasteiger partial charge in [0, 0.05) is 26.2 Å². The second-order valence-electron chi connectivity index (χ2n) is 6.58. The van der Waals surface area contributed by atoms with E-state index < -0.39 is 30.3 Å². The zero-order chi connectivity index (χ0) is 22.3. The number of rotatable bonds is 11. The predicted molar refractivity (Wildman–Crippen MR) is 105 cm³/mol. The van der Waals surface area contributed by atoms with Crippen molar-refractivity contribution < 1.29 is 32.3 Å². The highest BCUT2D eigenvalue weighted by Crippen LogP contribution is 2.28. The van der Waals surface area contributed by atoms with E-state index in [4.69, 9.17) is 9.57 Å². The molecule has 0 saturated carbocycles. The number of likely N-dealkylation sites (N-methyl/N-ethyl adjacent to an activating group) is 2. The molecule has 2 amide bonds. The SMILES string of the molecule is CCN(CCN(CC)c1ccc(N2C[C@H](CNC(=O)C(F)F)OC2=O)cc1F)OC. The summed E-state index contributed by atoms with van der Waals surface area (Å²) in [4.78, 5) is 31.3. The fourth-order valence-electron chi connectivity index (χ4n) is 3.11. The van der Waals surface area contributed by atoms with Crippen molar-refractivity contribution in [2.24, 2.45) is 0 Å². The standard InChI is InChI=1S/C19H27F3N4O4/c1-4-24(8-9-25(5-2)29-3)16-7-6-13(10-15(16)20)26-12-14(30-19(26)28)11-23-18(27)17(21)22/h6-7,10,14,17H,4-5,8-9,11-12H2,1-3H3,(H,23,27)/t14-/m0/s1. The number of ether oxygens (including phenoxy) is 1. The number of halogens is 3. The molecule has 1 heterocycles. The van der Waals surface area contributed by atoms with Crippen LogP contribution in [0.2, 0.25) is 0 Å². The molecular formula is C19H27F3N4O4. The predicted octanol–water partition coefficient (Wildman–Crippen LogP) is 2.24. The third-order valence-electron chi connectivity index (χ3n) is 4.77. The number of carbonyl (C=O) groups excluding carboxylic acids is 2. The minimum Gasteiger partial charge on any atom is -0.442 e. The first-order valence-corrected chi connectivity index (χ1v) is 9.68. The second-order valence-corrected chi connectivity index (χ2v) is 6.58. The first kappa shape index (κ1) is 23.7. The van der Waals surface area contributed by atoms with Crippen LogP contribution < -0.4 is 15.1 Å². The normalized spacial score (nSPS) is 16.3. The minimum atomic E-state index is -3.14. The molecule has 0 radical (unpaired) electrons. The number of hydroxylamine groups is 2. The molecule has 1 aromatic rings. The summed E-state index contributed by atoms with van der Waals surface area (Å²) in [6, 6.07) is 4.40. The van der Waals surface area contributed by atoms with Crippen molar-refractivity contribution in [1.29, 1.82) is 0 Å². The average molecular weight is 432 g/mol. The van der Waals surface area contributed by atoms with Crippen molar-refractivity contribution in [2.75, 3.05) is 56.2 Å². The molecule has 1 aliphatic heterocycles. The molecule has 0 aliphatic carbocycles. The van der Waals surface area contributed by atoms with Crippen LogP contribution in [0.4, 0.5) is 29.3 Å². The molecule has 2 rings (SSSR count). The Bertz CT molecular complexity index is 734. The van der Waals surface area contributed by atoms with Gasteiger partial charge in [-0.05, 0) is 25.1 Å². The number of carbonyl (C=O) groups is 2. The molecular weight excluding hydrogens is 405 g/mol. The molecule has 1 atom stereocenters. The monoisotopic (exact) mass is 432 g/mol. The molecule has 0 aromatic heterocycles. The van der Waals surface area contributed by atoms with Gasteiger partial charge in [0.25, 0.3) is 5.91 Å². The van der Waals surface area contributed by atoms with Gasteiger partial charge in [-0.2, -0.15) is 13.8 Å². The molecule has 1 fully saturated rings. The van der Waals surface area contributed by atoms with Crippen LogP contribution >= 0.6 is 0 Å². The van der Waals surface area contributed by atoms with E-state index in [0.29, 0.717) is 31.9 Å². The Kier molecular flexibility index (Phi) is 8.72. The number of cyclic esters (lactones) is 1. The Labute approximate surface area is 173 Å². The van der Waals surface area contributed by atoms with Crippen LogP contribution in [0.15, 0.2) is 18.2 Å². The van der Waals surface area contributed by atoms with E-state index in [2.05, 4.69) is 0 Å². The van der Waals surface area contributed by atoms with E-state index in [-0.39, 0.29) is 18.8 Å². The Morgan fingerprint density at radius 3 is 2.63 bits per heavy atom. The Morgan fingerprint density at radius 2 is 2.07 bits per heavy atom. The summed E-state index contributed by atoms with van der Waals surface area (Å²) in [5.74, 6) is -1.94. The van der Waals surface area contributed by atoms with Gasteiger partial charge < -0.3 is 19.8 Å². The molecule has 30 heavy (non-hydrogen) atoms. The quantitative estimate of drug-likeness (QED) is 0.541. The molecule has 0 spiro atoms. The van der Waals surface area contributed by atoms with E-state index in [9.17, 15) is 22.8 Å². The highest BCUT2D eigenvalue weighted by molar-refractivity contribution is 5.90. The zero-order valence-electron chi connectivity index (χ0n) is 17.2. The van der Waals surface area contributed by atoms with E-state index in [1.807, 2.05) is 24.1 Å². The number of amides is 2. The molecule has 1 aromatic carbocycles. The lowest BCUT2D eigenvalue weighted by molar-refractivity contribution is -0.132. The summed E-state index contributed by atoms with van der Waals surface area (Å²) in [6.45, 7) is 6.04. The van der Waals surface area contributed by atoms with Crippen molar-refractivity contribution >= 4 is 23.4 Å². The third-order valence-corrected chi connectivity index (χ3v) is 4.77. The van der Waals surface area contributed by atoms with Crippen molar-refractivity contribution in [3.05, 3.63) is 24.0 Å². The van der Waals surface area contributed by atoms with E-state index in [1.165, 1.54) is 11.0 Å². The number of benzene rings is 1. The maximum absolute atomic E-state index is 14.8. The molecule has 1 N–H and O–H groups in total. The summed E-state index contributed by atoms with van der Waals surface area (Å²) < 4.78 is 44.4. The molecule has 1 aliphatic rings. The zero-order valence-corrected chi connectivity index (χ0v) is 17.2. The maximum atomic E-state index is 14.8. The maximum Gasteiger partial charge on any atom is 0.414 e. The van der Waals surface area contributed by atoms with Crippen LogP contribution in [0.25, 0.3) is 0 Å².